The zero-order valence-electron chi connectivity index (χ0n) is 5.79. The van der Waals surface area contributed by atoms with Crippen LogP contribution < -0.4 is 0 Å². The Morgan fingerprint density at radius 3 is 3.09 bits per heavy atom. The van der Waals surface area contributed by atoms with Crippen molar-refractivity contribution >= 4 is 23.3 Å². The predicted octanol–water partition coefficient (Wildman–Crippen LogP) is 0.961. The number of hydrogen-bond acceptors (Lipinski definition) is 3. The van der Waals surface area contributed by atoms with Crippen molar-refractivity contribution in [2.24, 2.45) is 4.99 Å². The minimum absolute atomic E-state index is 0.264. The summed E-state index contributed by atoms with van der Waals surface area (Å²) in [7, 11) is 0. The molecule has 0 fully saturated rings. The molecule has 0 aliphatic heterocycles. The van der Waals surface area contributed by atoms with Crippen molar-refractivity contribution in [1.82, 2.24) is 10.2 Å². The summed E-state index contributed by atoms with van der Waals surface area (Å²) in [5.74, 6) is -0.468. The van der Waals surface area contributed by atoms with Crippen LogP contribution in [0, 0.1) is 6.92 Å². The number of aliphatic imine (C=N–C) groups is 1. The van der Waals surface area contributed by atoms with Crippen molar-refractivity contribution < 1.29 is 4.79 Å². The standard InChI is InChI=1S/C6H5N3OS/c1-4-2-5(9-8-4)6(10)7-3-11/h2H,1H3,(H,8,9). The molecule has 0 aromatic carbocycles. The molecule has 0 radical (unpaired) electrons. The van der Waals surface area contributed by atoms with Crippen LogP contribution in [0.2, 0.25) is 0 Å². The summed E-state index contributed by atoms with van der Waals surface area (Å²) in [6.45, 7) is 1.80. The van der Waals surface area contributed by atoms with Crippen LogP contribution in [0.15, 0.2) is 11.1 Å². The number of nitrogens with one attached hydrogen (secondary N) is 1. The van der Waals surface area contributed by atoms with Crippen molar-refractivity contribution in [3.8, 4) is 0 Å². The summed E-state index contributed by atoms with van der Waals surface area (Å²) in [6.07, 6.45) is 0. The average molecular weight is 167 g/mol. The first-order chi connectivity index (χ1) is 5.24. The van der Waals surface area contributed by atoms with E-state index in [2.05, 4.69) is 27.4 Å². The molecule has 0 spiro atoms. The smallest absolute Gasteiger partial charge is 0.282 e. The predicted molar refractivity (Wildman–Crippen MR) is 42.7 cm³/mol. The Kier molecular flexibility index (Phi) is 2.25. The SMILES string of the molecule is Cc1cc(C(=O)N=C=S)n[nH]1. The molecule has 11 heavy (non-hydrogen) atoms. The third kappa shape index (κ3) is 1.80. The van der Waals surface area contributed by atoms with Gasteiger partial charge >= 0.3 is 5.91 Å². The van der Waals surface area contributed by atoms with E-state index in [1.165, 1.54) is 0 Å². The van der Waals surface area contributed by atoms with Gasteiger partial charge in [0.2, 0.25) is 0 Å². The lowest BCUT2D eigenvalue weighted by atomic mass is 10.4. The van der Waals surface area contributed by atoms with Gasteiger partial charge in [-0.3, -0.25) is 9.89 Å². The summed E-state index contributed by atoms with van der Waals surface area (Å²) in [5, 5.41) is 8.28. The Hall–Kier alpha value is -1.32. The molecule has 1 N–H and O–H groups in total. The van der Waals surface area contributed by atoms with E-state index in [9.17, 15) is 4.79 Å². The number of H-pyrrole nitrogens is 1. The molecule has 0 atom stereocenters. The van der Waals surface area contributed by atoms with Gasteiger partial charge < -0.3 is 0 Å². The zero-order valence-corrected chi connectivity index (χ0v) is 6.60. The highest BCUT2D eigenvalue weighted by molar-refractivity contribution is 7.78. The van der Waals surface area contributed by atoms with Crippen molar-refractivity contribution in [1.29, 1.82) is 0 Å². The fraction of sp³-hybridized carbons (Fsp3) is 0.167. The van der Waals surface area contributed by atoms with E-state index in [0.29, 0.717) is 0 Å². The second-order valence-corrected chi connectivity index (χ2v) is 2.13. The number of carbonyl (C=O) groups is 1. The molecule has 0 bridgehead atoms. The maximum atomic E-state index is 10.9. The van der Waals surface area contributed by atoms with Gasteiger partial charge in [0.05, 0.1) is 5.16 Å². The fourth-order valence-electron chi connectivity index (χ4n) is 0.626. The first-order valence-corrected chi connectivity index (χ1v) is 3.29. The molecule has 0 saturated carbocycles. The summed E-state index contributed by atoms with van der Waals surface area (Å²) < 4.78 is 0. The molecule has 0 saturated heterocycles. The Balaban J connectivity index is 2.93. The molecule has 1 aromatic heterocycles. The molecule has 1 aromatic rings. The lowest BCUT2D eigenvalue weighted by Crippen LogP contribution is -1.93. The Bertz CT molecular complexity index is 324. The van der Waals surface area contributed by atoms with Crippen molar-refractivity contribution in [2.75, 3.05) is 0 Å². The first kappa shape index (κ1) is 7.78. The van der Waals surface area contributed by atoms with Gasteiger partial charge in [0.25, 0.3) is 0 Å². The van der Waals surface area contributed by atoms with Gasteiger partial charge in [-0.05, 0) is 25.2 Å². The van der Waals surface area contributed by atoms with Gasteiger partial charge in [-0.15, -0.1) is 0 Å². The largest absolute Gasteiger partial charge is 0.306 e. The van der Waals surface area contributed by atoms with E-state index in [-0.39, 0.29) is 5.69 Å². The highest BCUT2D eigenvalue weighted by Gasteiger charge is 2.05. The number of carbonyl (C=O) groups excluding carboxylic acids is 1. The Labute approximate surface area is 68.3 Å². The lowest BCUT2D eigenvalue weighted by molar-refractivity contribution is 0.0999. The van der Waals surface area contributed by atoms with Gasteiger partial charge in [-0.25, -0.2) is 0 Å². The van der Waals surface area contributed by atoms with E-state index in [1.807, 2.05) is 5.16 Å². The van der Waals surface area contributed by atoms with E-state index in [0.717, 1.165) is 5.69 Å². The van der Waals surface area contributed by atoms with Gasteiger partial charge in [0.1, 0.15) is 0 Å². The minimum atomic E-state index is -0.468. The topological polar surface area (TPSA) is 58.1 Å². The molecular weight excluding hydrogens is 162 g/mol. The van der Waals surface area contributed by atoms with Crippen LogP contribution in [0.1, 0.15) is 16.2 Å². The number of hydrogen-bond donors (Lipinski definition) is 1. The molecule has 56 valence electrons. The fourth-order valence-corrected chi connectivity index (χ4v) is 0.709. The number of amides is 1. The van der Waals surface area contributed by atoms with E-state index in [1.54, 1.807) is 13.0 Å². The van der Waals surface area contributed by atoms with Crippen LogP contribution in [-0.4, -0.2) is 21.3 Å². The maximum absolute atomic E-state index is 10.9. The van der Waals surface area contributed by atoms with Gasteiger partial charge in [0.15, 0.2) is 5.69 Å². The minimum Gasteiger partial charge on any atom is -0.282 e. The molecule has 4 nitrogen and oxygen atoms in total. The number of aromatic amines is 1. The molecular formula is C6H5N3OS. The third-order valence-corrected chi connectivity index (χ3v) is 1.16. The maximum Gasteiger partial charge on any atom is 0.306 e. The van der Waals surface area contributed by atoms with Crippen LogP contribution in [0.3, 0.4) is 0 Å². The average Bonchev–Trinajstić information content (AvgIpc) is 2.36. The quantitative estimate of drug-likeness (QED) is 0.500. The van der Waals surface area contributed by atoms with Gasteiger partial charge in [-0.2, -0.15) is 10.1 Å². The summed E-state index contributed by atoms with van der Waals surface area (Å²) in [6, 6.07) is 1.60. The van der Waals surface area contributed by atoms with Gasteiger partial charge in [0, 0.05) is 5.69 Å². The molecule has 1 rings (SSSR count). The number of thiocarbonyl (C=S) groups is 1. The van der Waals surface area contributed by atoms with E-state index < -0.39 is 5.91 Å². The number of nitrogens with zero attached hydrogens (tertiary/aromatic N) is 2. The molecule has 0 aliphatic carbocycles. The monoisotopic (exact) mass is 167 g/mol. The number of aromatic nitrogens is 2. The Morgan fingerprint density at radius 1 is 1.91 bits per heavy atom. The second-order valence-electron chi connectivity index (χ2n) is 1.94. The van der Waals surface area contributed by atoms with Crippen molar-refractivity contribution in [2.45, 2.75) is 6.92 Å². The normalized spacial score (nSPS) is 8.82. The van der Waals surface area contributed by atoms with Gasteiger partial charge in [-0.1, -0.05) is 0 Å². The van der Waals surface area contributed by atoms with Crippen LogP contribution in [0.4, 0.5) is 0 Å². The molecule has 1 heterocycles. The summed E-state index contributed by atoms with van der Waals surface area (Å²) in [4.78, 5) is 14.1. The second kappa shape index (κ2) is 3.18. The zero-order chi connectivity index (χ0) is 8.27. The van der Waals surface area contributed by atoms with Crippen LogP contribution in [-0.2, 0) is 0 Å². The van der Waals surface area contributed by atoms with Crippen LogP contribution in [0.5, 0.6) is 0 Å². The van der Waals surface area contributed by atoms with Crippen molar-refractivity contribution in [3.63, 3.8) is 0 Å². The first-order valence-electron chi connectivity index (χ1n) is 2.88. The summed E-state index contributed by atoms with van der Waals surface area (Å²) in [5.41, 5.74) is 1.08. The van der Waals surface area contributed by atoms with E-state index in [4.69, 9.17) is 0 Å². The molecule has 5 heteroatoms. The molecule has 1 amide bonds. The lowest BCUT2D eigenvalue weighted by Gasteiger charge is -1.79. The highest BCUT2D eigenvalue weighted by atomic mass is 32.1. The number of rotatable bonds is 1. The van der Waals surface area contributed by atoms with Crippen LogP contribution in [0.25, 0.3) is 0 Å². The molecule has 0 aliphatic rings. The number of isothiocyanates is 1. The third-order valence-electron chi connectivity index (χ3n) is 1.07. The highest BCUT2D eigenvalue weighted by Crippen LogP contribution is 1.98. The molecule has 0 unspecified atom stereocenters. The summed E-state index contributed by atoms with van der Waals surface area (Å²) >= 11 is 4.26. The van der Waals surface area contributed by atoms with Crippen LogP contribution >= 0.6 is 12.2 Å². The van der Waals surface area contributed by atoms with Crippen molar-refractivity contribution in [3.05, 3.63) is 17.5 Å². The number of aryl methyl sites for hydroxylation is 1. The Morgan fingerprint density at radius 2 is 2.64 bits per heavy atom. The van der Waals surface area contributed by atoms with E-state index >= 15 is 0 Å².